The highest BCUT2D eigenvalue weighted by Crippen LogP contribution is 2.38. The summed E-state index contributed by atoms with van der Waals surface area (Å²) in [5.41, 5.74) is -1.26. The smallest absolute Gasteiger partial charge is 0.144 e. The zero-order valence-electron chi connectivity index (χ0n) is 50.1. The third-order valence-corrected chi connectivity index (χ3v) is 10.1. The van der Waals surface area contributed by atoms with Crippen LogP contribution in [-0.4, -0.2) is 15.0 Å². The first-order valence-electron chi connectivity index (χ1n) is 28.0. The van der Waals surface area contributed by atoms with E-state index in [4.69, 9.17) is 9.90 Å². The molecule has 0 saturated carbocycles. The molecule has 0 aliphatic rings. The molecule has 0 unspecified atom stereocenters. The topological polar surface area (TPSA) is 75.6 Å². The molecule has 4 heterocycles. The first-order valence-corrected chi connectivity index (χ1v) is 19.5. The van der Waals surface area contributed by atoms with Crippen LogP contribution in [0.25, 0.3) is 55.7 Å². The van der Waals surface area contributed by atoms with Gasteiger partial charge in [0.2, 0.25) is 0 Å². The summed E-state index contributed by atoms with van der Waals surface area (Å²) in [6, 6.07) is 35.4. The molecular weight excluding hydrogens is 745 g/mol. The van der Waals surface area contributed by atoms with E-state index >= 15 is 0 Å². The van der Waals surface area contributed by atoms with Crippen molar-refractivity contribution in [1.82, 2.24) is 15.0 Å². The van der Waals surface area contributed by atoms with Gasteiger partial charge in [-0.05, 0) is 126 Å². The Balaban J connectivity index is 1.19. The normalized spacial score (nSPS) is 17.3. The molecular formula is C56H48N4O. The van der Waals surface area contributed by atoms with Crippen molar-refractivity contribution in [3.05, 3.63) is 208 Å². The molecule has 0 aliphatic heterocycles. The van der Waals surface area contributed by atoms with E-state index in [1.54, 1.807) is 72.8 Å². The fourth-order valence-corrected chi connectivity index (χ4v) is 6.97. The van der Waals surface area contributed by atoms with Gasteiger partial charge in [-0.2, -0.15) is 5.26 Å². The highest BCUT2D eigenvalue weighted by molar-refractivity contribution is 6.10. The number of nitrogens with zero attached hydrogens (tertiary/aromatic N) is 4. The minimum Gasteiger partial charge on any atom is -0.455 e. The standard InChI is InChI=1S/C56H48N4O/c1-37(2)51-32-54(50-16-10-15-48-49-26-25-46(33-57)38(3)55(49)61-56(48)50)60-36-47(51)24-21-43-30-41(19-17-39-22-27-52(58-34-39)44-11-6-4-7-12-44)29-42(31-43)20-18-40-23-28-53(59-35-40)45-13-8-5-9-14-45/h4-16,22-23,25-32,34-37H,17-21,24H2,1-3H3/i3D3,17D2,18D2,19D2,20D2,21D2,24D2,25D,37D. The first-order chi connectivity index (χ1) is 36.3. The first kappa shape index (κ1) is 24.2. The van der Waals surface area contributed by atoms with E-state index in [2.05, 4.69) is 15.0 Å². The molecule has 0 atom stereocenters. The number of hydrogen-bond donors (Lipinski definition) is 0. The SMILES string of the molecule is [2H]c1cc2c(oc3c(-c4cc(C([2H])(C)C)c(C([2H])([2H])C([2H])([2H])c5cc(C([2H])([2H])C([2H])([2H])c6ccc(-c7ccccc7)nc6)cc(C([2H])([2H])C([2H])([2H])c6ccc(-c7ccccc7)nc6)c5)cn4)cccc32)c(C([2H])([2H])[2H])c1C#N. The Morgan fingerprint density at radius 3 is 1.70 bits per heavy atom. The van der Waals surface area contributed by atoms with Gasteiger partial charge in [0, 0.05) is 73.5 Å². The molecule has 0 fully saturated rings. The van der Waals surface area contributed by atoms with Crippen molar-refractivity contribution in [2.24, 2.45) is 0 Å². The summed E-state index contributed by atoms with van der Waals surface area (Å²) in [5, 5.41) is 10.5. The average Bonchev–Trinajstić information content (AvgIpc) is 3.90. The minimum atomic E-state index is -3.32. The van der Waals surface area contributed by atoms with Crippen molar-refractivity contribution in [1.29, 1.82) is 5.26 Å². The Hall–Kier alpha value is -7.16. The van der Waals surface area contributed by atoms with E-state index in [-0.39, 0.29) is 56.1 Å². The number of hydrogen-bond acceptors (Lipinski definition) is 5. The summed E-state index contributed by atoms with van der Waals surface area (Å²) in [5.74, 6) is -1.71. The molecule has 9 aromatic rings. The number of fused-ring (bicyclic) bond motifs is 3. The number of para-hydroxylation sites is 1. The summed E-state index contributed by atoms with van der Waals surface area (Å²) in [6.45, 7) is 0.00206. The van der Waals surface area contributed by atoms with E-state index < -0.39 is 78.8 Å². The monoisotopic (exact) mass is 809 g/mol. The lowest BCUT2D eigenvalue weighted by atomic mass is 9.91. The van der Waals surface area contributed by atoms with Crippen molar-refractivity contribution in [2.45, 2.75) is 64.8 Å². The van der Waals surface area contributed by atoms with Crippen molar-refractivity contribution >= 4 is 21.9 Å². The largest absolute Gasteiger partial charge is 0.455 e. The van der Waals surface area contributed by atoms with Gasteiger partial charge >= 0.3 is 0 Å². The Labute approximate surface area is 382 Å². The summed E-state index contributed by atoms with van der Waals surface area (Å²) in [4.78, 5) is 13.3. The summed E-state index contributed by atoms with van der Waals surface area (Å²) in [7, 11) is 0. The fourth-order valence-electron chi connectivity index (χ4n) is 6.97. The number of aromatic nitrogens is 3. The molecule has 0 amide bonds. The van der Waals surface area contributed by atoms with Crippen LogP contribution < -0.4 is 0 Å². The summed E-state index contributed by atoms with van der Waals surface area (Å²) < 4.78 is 163. The van der Waals surface area contributed by atoms with Gasteiger partial charge in [-0.15, -0.1) is 0 Å². The molecule has 0 saturated heterocycles. The van der Waals surface area contributed by atoms with Crippen molar-refractivity contribution in [2.75, 3.05) is 0 Å². The quantitative estimate of drug-likeness (QED) is 0.116. The minimum absolute atomic E-state index is 0.0878. The molecule has 298 valence electrons. The molecule has 0 aliphatic carbocycles. The lowest BCUT2D eigenvalue weighted by molar-refractivity contribution is 0.666. The van der Waals surface area contributed by atoms with Crippen LogP contribution in [0.3, 0.4) is 0 Å². The van der Waals surface area contributed by atoms with Gasteiger partial charge in [-0.25, -0.2) is 0 Å². The molecule has 61 heavy (non-hydrogen) atoms. The zero-order chi connectivity index (χ0) is 56.8. The lowest BCUT2D eigenvalue weighted by Gasteiger charge is -2.16. The van der Waals surface area contributed by atoms with Crippen LogP contribution >= 0.6 is 0 Å². The van der Waals surface area contributed by atoms with Gasteiger partial charge in [-0.3, -0.25) is 15.0 Å². The Kier molecular flexibility index (Phi) is 6.98. The van der Waals surface area contributed by atoms with E-state index in [0.29, 0.717) is 27.9 Å². The van der Waals surface area contributed by atoms with Crippen LogP contribution in [0, 0.1) is 18.2 Å². The van der Waals surface area contributed by atoms with E-state index in [1.807, 2.05) is 12.1 Å². The third kappa shape index (κ3) is 8.62. The van der Waals surface area contributed by atoms with Crippen LogP contribution in [0.1, 0.15) is 93.1 Å². The molecule has 5 heteroatoms. The number of pyridine rings is 3. The number of aryl methyl sites for hydroxylation is 7. The fraction of sp³-hybridized carbons (Fsp3) is 0.179. The zero-order valence-corrected chi connectivity index (χ0v) is 33.1. The number of rotatable bonds is 13. The highest BCUT2D eigenvalue weighted by Gasteiger charge is 2.18. The maximum Gasteiger partial charge on any atom is 0.144 e. The molecule has 5 nitrogen and oxygen atoms in total. The van der Waals surface area contributed by atoms with Crippen LogP contribution in [-0.2, 0) is 38.2 Å². The van der Waals surface area contributed by atoms with Gasteiger partial charge in [0.05, 0.1) is 30.1 Å². The summed E-state index contributed by atoms with van der Waals surface area (Å²) in [6.07, 6.45) is -15.5. The second kappa shape index (κ2) is 17.6. The Morgan fingerprint density at radius 2 is 1.16 bits per heavy atom. The molecule has 0 radical (unpaired) electrons. The van der Waals surface area contributed by atoms with Crippen LogP contribution in [0.15, 0.2) is 163 Å². The van der Waals surface area contributed by atoms with E-state index in [1.165, 1.54) is 50.2 Å². The Bertz CT molecular complexity index is 3670. The van der Waals surface area contributed by atoms with Crippen molar-refractivity contribution < 1.29 is 27.7 Å². The van der Waals surface area contributed by atoms with Crippen molar-refractivity contribution in [3.8, 4) is 39.8 Å². The van der Waals surface area contributed by atoms with Crippen LogP contribution in [0.5, 0.6) is 0 Å². The summed E-state index contributed by atoms with van der Waals surface area (Å²) >= 11 is 0. The molecule has 5 aromatic carbocycles. The average molecular weight is 810 g/mol. The second-order valence-electron chi connectivity index (χ2n) is 14.4. The number of benzene rings is 5. The van der Waals surface area contributed by atoms with Crippen LogP contribution in [0.2, 0.25) is 0 Å². The third-order valence-electron chi connectivity index (χ3n) is 10.1. The van der Waals surface area contributed by atoms with Gasteiger partial charge in [0.1, 0.15) is 11.2 Å². The highest BCUT2D eigenvalue weighted by atomic mass is 16.3. The Morgan fingerprint density at radius 1 is 0.607 bits per heavy atom. The molecule has 9 rings (SSSR count). The van der Waals surface area contributed by atoms with Gasteiger partial charge in [0.25, 0.3) is 0 Å². The maximum atomic E-state index is 9.87. The van der Waals surface area contributed by atoms with Crippen molar-refractivity contribution in [3.63, 3.8) is 0 Å². The van der Waals surface area contributed by atoms with Gasteiger partial charge in [0.15, 0.2) is 0 Å². The predicted molar refractivity (Wildman–Crippen MR) is 249 cm³/mol. The number of nitriles is 1. The second-order valence-corrected chi connectivity index (χ2v) is 14.4. The lowest BCUT2D eigenvalue weighted by Crippen LogP contribution is -2.03. The molecule has 0 N–H and O–H groups in total. The predicted octanol–water partition coefficient (Wildman–Crippen LogP) is 13.4. The van der Waals surface area contributed by atoms with Gasteiger partial charge < -0.3 is 4.42 Å². The molecule has 4 aromatic heterocycles. The van der Waals surface area contributed by atoms with E-state index in [0.717, 1.165) is 36.8 Å². The van der Waals surface area contributed by atoms with Gasteiger partial charge in [-0.1, -0.05) is 117 Å². The van der Waals surface area contributed by atoms with E-state index in [9.17, 15) is 23.1 Å². The molecule has 0 bridgehead atoms. The van der Waals surface area contributed by atoms with Crippen LogP contribution in [0.4, 0.5) is 0 Å². The maximum absolute atomic E-state index is 9.87. The number of furan rings is 1. The molecule has 0 spiro atoms.